The molecule has 2 heterocycles. The summed E-state index contributed by atoms with van der Waals surface area (Å²) in [6.07, 6.45) is 17.0. The summed E-state index contributed by atoms with van der Waals surface area (Å²) >= 11 is 12.2. The highest BCUT2D eigenvalue weighted by atomic mass is 35.5. The van der Waals surface area contributed by atoms with Gasteiger partial charge in [-0.15, -0.1) is 0 Å². The van der Waals surface area contributed by atoms with E-state index >= 15 is 0 Å². The van der Waals surface area contributed by atoms with Crippen molar-refractivity contribution in [2.75, 3.05) is 0 Å². The summed E-state index contributed by atoms with van der Waals surface area (Å²) in [5.74, 6) is -1.83. The van der Waals surface area contributed by atoms with Crippen molar-refractivity contribution in [2.24, 2.45) is 45.8 Å². The number of halogens is 2. The summed E-state index contributed by atoms with van der Waals surface area (Å²) in [6.45, 7) is 14.8. The summed E-state index contributed by atoms with van der Waals surface area (Å²) < 4.78 is 13.3. The Labute approximate surface area is 351 Å². The Balaban J connectivity index is 1.21. The fourth-order valence-electron chi connectivity index (χ4n) is 11.8. The van der Waals surface area contributed by atoms with Crippen LogP contribution in [0.1, 0.15) is 103 Å². The highest BCUT2D eigenvalue weighted by molar-refractivity contribution is 6.36. The number of ketones is 1. The number of amides is 1. The van der Waals surface area contributed by atoms with Crippen molar-refractivity contribution >= 4 is 40.9 Å². The smallest absolute Gasteiger partial charge is 0.331 e. The average Bonchev–Trinajstić information content (AvgIpc) is 3.65. The zero-order chi connectivity index (χ0) is 41.9. The number of carboxylic acid groups (broad SMARTS) is 1. The molecule has 13 atom stereocenters. The number of fused-ring (bicyclic) bond motifs is 3. The summed E-state index contributed by atoms with van der Waals surface area (Å²) in [4.78, 5) is 42.9. The van der Waals surface area contributed by atoms with Crippen LogP contribution in [-0.4, -0.2) is 68.6 Å². The third-order valence-electron chi connectivity index (χ3n) is 15.0. The molecule has 58 heavy (non-hydrogen) atoms. The van der Waals surface area contributed by atoms with Crippen molar-refractivity contribution in [1.82, 2.24) is 10.3 Å². The van der Waals surface area contributed by atoms with Crippen molar-refractivity contribution in [3.8, 4) is 0 Å². The summed E-state index contributed by atoms with van der Waals surface area (Å²) in [5.41, 5.74) is -1.13. The van der Waals surface area contributed by atoms with E-state index in [-0.39, 0.29) is 75.9 Å². The first kappa shape index (κ1) is 42.7. The number of aliphatic hydroxyl groups excluding tert-OH is 2. The van der Waals surface area contributed by atoms with Crippen LogP contribution in [0.2, 0.25) is 10.2 Å². The van der Waals surface area contributed by atoms with E-state index in [1.807, 2.05) is 26.0 Å². The lowest BCUT2D eigenvalue weighted by Crippen LogP contribution is -2.58. The van der Waals surface area contributed by atoms with E-state index in [4.69, 9.17) is 39.3 Å². The van der Waals surface area contributed by atoms with Crippen LogP contribution in [-0.2, 0) is 19.1 Å². The molecule has 2 bridgehead atoms. The molecule has 1 aromatic heterocycles. The van der Waals surface area contributed by atoms with E-state index in [1.165, 1.54) is 6.07 Å². The lowest BCUT2D eigenvalue weighted by atomic mass is 9.49. The van der Waals surface area contributed by atoms with Gasteiger partial charge >= 0.3 is 5.97 Å². The van der Waals surface area contributed by atoms with Crippen LogP contribution in [0.3, 0.4) is 0 Å². The molecule has 5 aliphatic carbocycles. The molecule has 7 rings (SSSR count). The van der Waals surface area contributed by atoms with Crippen molar-refractivity contribution in [2.45, 2.75) is 123 Å². The molecule has 1 aromatic rings. The number of aliphatic carboxylic acids is 1. The number of carboxylic acids is 1. The zero-order valence-corrected chi connectivity index (χ0v) is 35.6. The Hall–Kier alpha value is -3.41. The van der Waals surface area contributed by atoms with Gasteiger partial charge in [0.05, 0.1) is 34.9 Å². The Kier molecular flexibility index (Phi) is 11.9. The first-order chi connectivity index (χ1) is 27.5. The van der Waals surface area contributed by atoms with Crippen LogP contribution < -0.4 is 5.32 Å². The van der Waals surface area contributed by atoms with E-state index in [1.54, 1.807) is 13.0 Å². The summed E-state index contributed by atoms with van der Waals surface area (Å²) in [5, 5.41) is 37.5. The predicted molar refractivity (Wildman–Crippen MR) is 223 cm³/mol. The van der Waals surface area contributed by atoms with Crippen LogP contribution in [0.5, 0.6) is 0 Å². The number of H-pyrrole nitrogens is 1. The maximum atomic E-state index is 14.6. The second-order valence-electron chi connectivity index (χ2n) is 17.9. The molecule has 12 heteroatoms. The van der Waals surface area contributed by atoms with Gasteiger partial charge in [-0.25, -0.2) is 4.79 Å². The Morgan fingerprint density at radius 2 is 1.90 bits per heavy atom. The summed E-state index contributed by atoms with van der Waals surface area (Å²) in [6, 6.07) is 0.728. The van der Waals surface area contributed by atoms with Gasteiger partial charge < -0.3 is 35.1 Å². The van der Waals surface area contributed by atoms with Crippen molar-refractivity contribution in [1.29, 1.82) is 0 Å². The third kappa shape index (κ3) is 6.98. The first-order valence-electron chi connectivity index (χ1n) is 21.0. The van der Waals surface area contributed by atoms with Gasteiger partial charge in [0.2, 0.25) is 0 Å². The van der Waals surface area contributed by atoms with Crippen LogP contribution >= 0.6 is 23.2 Å². The molecular weight excluding hydrogens is 779 g/mol. The molecule has 6 aliphatic rings. The highest BCUT2D eigenvalue weighted by Gasteiger charge is 2.62. The monoisotopic (exact) mass is 836 g/mol. The first-order valence-corrected chi connectivity index (χ1v) is 21.7. The number of allylic oxidation sites excluding steroid dienone is 9. The minimum absolute atomic E-state index is 0.00854. The number of aliphatic hydroxyl groups is 2. The number of Topliss-reactive ketones (excluding diaryl/α,β-unsaturated/α-hetero) is 1. The molecule has 4 unspecified atom stereocenters. The molecule has 1 saturated carbocycles. The van der Waals surface area contributed by atoms with Crippen LogP contribution in [0.4, 0.5) is 0 Å². The topological polar surface area (TPSA) is 158 Å². The molecule has 1 amide bonds. The highest BCUT2D eigenvalue weighted by Crippen LogP contribution is 2.66. The predicted octanol–water partition coefficient (Wildman–Crippen LogP) is 9.23. The van der Waals surface area contributed by atoms with Gasteiger partial charge in [-0.1, -0.05) is 100 Å². The largest absolute Gasteiger partial charge is 0.511 e. The number of nitrogens with one attached hydrogen (secondary N) is 2. The van der Waals surface area contributed by atoms with Gasteiger partial charge in [0.1, 0.15) is 16.6 Å². The van der Waals surface area contributed by atoms with Gasteiger partial charge in [0, 0.05) is 40.6 Å². The van der Waals surface area contributed by atoms with Crippen LogP contribution in [0, 0.1) is 45.8 Å². The number of carbonyl (C=O) groups excluding carboxylic acids is 2. The molecule has 1 spiro atoms. The van der Waals surface area contributed by atoms with Crippen LogP contribution in [0.25, 0.3) is 0 Å². The van der Waals surface area contributed by atoms with Crippen molar-refractivity contribution < 1.29 is 39.2 Å². The molecule has 0 radical (unpaired) electrons. The number of aromatic amines is 1. The van der Waals surface area contributed by atoms with Gasteiger partial charge in [-0.3, -0.25) is 9.59 Å². The lowest BCUT2D eigenvalue weighted by molar-refractivity contribution is -0.257. The zero-order valence-electron chi connectivity index (χ0n) is 34.1. The third-order valence-corrected chi connectivity index (χ3v) is 15.5. The van der Waals surface area contributed by atoms with Crippen LogP contribution in [0.15, 0.2) is 77.7 Å². The molecule has 314 valence electrons. The molecular formula is C46H58Cl2N2O8. The van der Waals surface area contributed by atoms with E-state index < -0.39 is 52.7 Å². The Bertz CT molecular complexity index is 1990. The summed E-state index contributed by atoms with van der Waals surface area (Å²) in [7, 11) is 0. The van der Waals surface area contributed by atoms with E-state index in [9.17, 15) is 29.7 Å². The lowest BCUT2D eigenvalue weighted by Gasteiger charge is -2.56. The maximum Gasteiger partial charge on any atom is 0.331 e. The number of rotatable bonds is 7. The number of aromatic nitrogens is 1. The Morgan fingerprint density at radius 1 is 1.14 bits per heavy atom. The standard InChI is InChI=1S/C46H58Cl2N2O8/c1-7-27-21-45-23-34(52)37(41(45)53)25(4)46(8-2)28(13-11-9-10-12-18-44(45,6)22-30(27)43(55)56)15-16-29-31(46)17-14-24(3)40(29)58-36-20-33(51)38(26(5)57-36)50-42(54)39-32(47)19-35(48)49-39/h9,11-12,15-16,18-19,22,24,26-29,31,33,36,38,40,49,51,53H,4,7-8,10,13-14,17,20-21,23H2,1-3,5-6H3,(H,50,54)(H,55,56)/b11-9+,18-12+/t24-,26?,27-,28+,29-,31+,33?,36?,38?,40-,44-,45+,46+/m0/s1. The fourth-order valence-corrected chi connectivity index (χ4v) is 12.3. The van der Waals surface area contributed by atoms with Crippen molar-refractivity contribution in [3.63, 3.8) is 0 Å². The normalized spacial score (nSPS) is 41.2. The second kappa shape index (κ2) is 16.2. The maximum absolute atomic E-state index is 14.6. The van der Waals surface area contributed by atoms with Gasteiger partial charge in [-0.05, 0) is 87.2 Å². The molecule has 2 fully saturated rings. The molecule has 5 N–H and O–H groups in total. The SMILES string of the molecule is C=C1C2=C(O)[C@]3(CC2=O)C[C@H](CC)C(C(=O)O)=C[C@]3(C)/C=C/C/C=C/C[C@@H]2C=C[C@@H]3[C@@H](OC4CC(O)C(NC(=O)c5[nH]c(Cl)cc5Cl)C(C)O4)[C@@H](C)CC[C@H]3[C@]12CC. The number of hydrogen-bond acceptors (Lipinski definition) is 7. The van der Waals surface area contributed by atoms with E-state index in [0.29, 0.717) is 42.4 Å². The van der Waals surface area contributed by atoms with Gasteiger partial charge in [-0.2, -0.15) is 0 Å². The van der Waals surface area contributed by atoms with Gasteiger partial charge in [0.25, 0.3) is 5.91 Å². The average molecular weight is 838 g/mol. The number of carbonyl (C=O) groups is 3. The van der Waals surface area contributed by atoms with E-state index in [0.717, 1.165) is 19.3 Å². The van der Waals surface area contributed by atoms with Crippen molar-refractivity contribution in [3.05, 3.63) is 93.5 Å². The Morgan fingerprint density at radius 3 is 2.55 bits per heavy atom. The quantitative estimate of drug-likeness (QED) is 0.170. The molecule has 10 nitrogen and oxygen atoms in total. The molecule has 1 saturated heterocycles. The number of hydrogen-bond donors (Lipinski definition) is 5. The molecule has 1 aliphatic heterocycles. The minimum Gasteiger partial charge on any atom is -0.511 e. The number of ether oxygens (including phenoxy) is 2. The minimum atomic E-state index is -1.01. The molecule has 0 aromatic carbocycles. The van der Waals surface area contributed by atoms with E-state index in [2.05, 4.69) is 48.5 Å². The fraction of sp³-hybridized carbons (Fsp3) is 0.587. The van der Waals surface area contributed by atoms with Gasteiger partial charge in [0.15, 0.2) is 12.1 Å². The second-order valence-corrected chi connectivity index (χ2v) is 18.7.